The van der Waals surface area contributed by atoms with Gasteiger partial charge in [-0.05, 0) is 55.2 Å². The van der Waals surface area contributed by atoms with Gasteiger partial charge in [0.1, 0.15) is 5.65 Å². The highest BCUT2D eigenvalue weighted by Crippen LogP contribution is 2.35. The molecule has 0 spiro atoms. The summed E-state index contributed by atoms with van der Waals surface area (Å²) in [6, 6.07) is 11.9. The maximum absolute atomic E-state index is 12.0. The molecule has 1 aliphatic rings. The number of rotatable bonds is 4. The van der Waals surface area contributed by atoms with Gasteiger partial charge in [-0.3, -0.25) is 4.79 Å². The Labute approximate surface area is 156 Å². The van der Waals surface area contributed by atoms with Gasteiger partial charge in [-0.15, -0.1) is 0 Å². The fourth-order valence-corrected chi connectivity index (χ4v) is 3.73. The number of carbonyl (C=O) groups is 1. The highest BCUT2D eigenvalue weighted by molar-refractivity contribution is 5.97. The van der Waals surface area contributed by atoms with Crippen LogP contribution in [-0.2, 0) is 13.6 Å². The molecule has 6 nitrogen and oxygen atoms in total. The van der Waals surface area contributed by atoms with Crippen LogP contribution in [0.4, 0.5) is 0 Å². The Bertz CT molecular complexity index is 1180. The number of benzene rings is 1. The topological polar surface area (TPSA) is 64.7 Å². The van der Waals surface area contributed by atoms with E-state index in [1.165, 1.54) is 12.8 Å². The summed E-state index contributed by atoms with van der Waals surface area (Å²) in [4.78, 5) is 21.5. The molecule has 5 rings (SSSR count). The quantitative estimate of drug-likeness (QED) is 0.608. The van der Waals surface area contributed by atoms with Crippen LogP contribution < -0.4 is 5.32 Å². The lowest BCUT2D eigenvalue weighted by molar-refractivity contribution is 0.0963. The lowest BCUT2D eigenvalue weighted by atomic mass is 10.2. The van der Waals surface area contributed by atoms with Crippen LogP contribution in [0.15, 0.2) is 42.6 Å². The van der Waals surface area contributed by atoms with E-state index in [1.807, 2.05) is 37.5 Å². The number of carbonyl (C=O) groups excluding carboxylic acids is 1. The zero-order chi connectivity index (χ0) is 18.5. The molecule has 1 saturated carbocycles. The lowest BCUT2D eigenvalue weighted by Crippen LogP contribution is -2.17. The van der Waals surface area contributed by atoms with Crippen molar-refractivity contribution in [1.82, 2.24) is 24.4 Å². The van der Waals surface area contributed by atoms with Crippen LogP contribution >= 0.6 is 0 Å². The summed E-state index contributed by atoms with van der Waals surface area (Å²) in [7, 11) is 3.66. The van der Waals surface area contributed by atoms with Crippen molar-refractivity contribution >= 4 is 28.0 Å². The number of hydrogen-bond acceptors (Lipinski definition) is 3. The molecule has 136 valence electrons. The minimum absolute atomic E-state index is 0.101. The summed E-state index contributed by atoms with van der Waals surface area (Å²) >= 11 is 0. The standard InChI is InChI=1S/C21H21N5O/c1-22-21(27)15-7-8-17-16(10-15)24-20(25(17)2)18-11-14-4-3-9-23-19(14)26(18)12-13-5-6-13/h3-4,7-11,13H,5-6,12H2,1-2H3,(H,22,27). The van der Waals surface area contributed by atoms with Gasteiger partial charge in [-0.1, -0.05) is 0 Å². The van der Waals surface area contributed by atoms with E-state index in [9.17, 15) is 4.79 Å². The molecular formula is C21H21N5O. The van der Waals surface area contributed by atoms with Gasteiger partial charge in [-0.2, -0.15) is 0 Å². The van der Waals surface area contributed by atoms with Gasteiger partial charge < -0.3 is 14.5 Å². The van der Waals surface area contributed by atoms with Gasteiger partial charge in [0.05, 0.1) is 16.7 Å². The number of pyridine rings is 1. The molecule has 0 atom stereocenters. The number of fused-ring (bicyclic) bond motifs is 2. The molecular weight excluding hydrogens is 338 g/mol. The Morgan fingerprint density at radius 1 is 1.26 bits per heavy atom. The summed E-state index contributed by atoms with van der Waals surface area (Å²) in [5.74, 6) is 1.53. The second-order valence-corrected chi connectivity index (χ2v) is 7.28. The molecule has 27 heavy (non-hydrogen) atoms. The van der Waals surface area contributed by atoms with Crippen molar-refractivity contribution in [2.75, 3.05) is 7.05 Å². The zero-order valence-corrected chi connectivity index (χ0v) is 15.4. The predicted molar refractivity (Wildman–Crippen MR) is 106 cm³/mol. The van der Waals surface area contributed by atoms with Crippen LogP contribution in [0, 0.1) is 5.92 Å². The monoisotopic (exact) mass is 359 g/mol. The van der Waals surface area contributed by atoms with E-state index < -0.39 is 0 Å². The van der Waals surface area contributed by atoms with Crippen LogP contribution in [0.3, 0.4) is 0 Å². The van der Waals surface area contributed by atoms with Crippen molar-refractivity contribution in [3.05, 3.63) is 48.2 Å². The predicted octanol–water partition coefficient (Wildman–Crippen LogP) is 3.36. The van der Waals surface area contributed by atoms with Crippen LogP contribution in [0.2, 0.25) is 0 Å². The highest BCUT2D eigenvalue weighted by atomic mass is 16.1. The van der Waals surface area contributed by atoms with Crippen molar-refractivity contribution in [2.45, 2.75) is 19.4 Å². The third-order valence-corrected chi connectivity index (χ3v) is 5.39. The molecule has 6 heteroatoms. The Morgan fingerprint density at radius 3 is 2.89 bits per heavy atom. The maximum Gasteiger partial charge on any atom is 0.251 e. The number of amides is 1. The van der Waals surface area contributed by atoms with E-state index in [2.05, 4.69) is 31.6 Å². The van der Waals surface area contributed by atoms with E-state index in [1.54, 1.807) is 7.05 Å². The van der Waals surface area contributed by atoms with Gasteiger partial charge in [-0.25, -0.2) is 9.97 Å². The van der Waals surface area contributed by atoms with Gasteiger partial charge in [0.15, 0.2) is 5.82 Å². The van der Waals surface area contributed by atoms with Crippen molar-refractivity contribution in [3.63, 3.8) is 0 Å². The van der Waals surface area contributed by atoms with Gasteiger partial charge in [0, 0.05) is 37.8 Å². The van der Waals surface area contributed by atoms with Crippen molar-refractivity contribution in [2.24, 2.45) is 13.0 Å². The van der Waals surface area contributed by atoms with Crippen LogP contribution in [0.5, 0.6) is 0 Å². The van der Waals surface area contributed by atoms with E-state index in [-0.39, 0.29) is 5.91 Å². The normalized spacial score (nSPS) is 14.1. The first-order valence-electron chi connectivity index (χ1n) is 9.29. The van der Waals surface area contributed by atoms with Gasteiger partial charge >= 0.3 is 0 Å². The van der Waals surface area contributed by atoms with Gasteiger partial charge in [0.25, 0.3) is 5.91 Å². The van der Waals surface area contributed by atoms with Crippen LogP contribution in [-0.4, -0.2) is 32.1 Å². The van der Waals surface area contributed by atoms with Crippen LogP contribution in [0.25, 0.3) is 33.6 Å². The Hall–Kier alpha value is -3.15. The minimum Gasteiger partial charge on any atom is -0.355 e. The molecule has 1 N–H and O–H groups in total. The van der Waals surface area contributed by atoms with E-state index in [0.29, 0.717) is 5.56 Å². The number of aryl methyl sites for hydroxylation is 1. The molecule has 0 saturated heterocycles. The fourth-order valence-electron chi connectivity index (χ4n) is 3.73. The number of imidazole rings is 1. The second-order valence-electron chi connectivity index (χ2n) is 7.28. The molecule has 1 aliphatic carbocycles. The van der Waals surface area contributed by atoms with Crippen molar-refractivity contribution < 1.29 is 4.79 Å². The van der Waals surface area contributed by atoms with Gasteiger partial charge in [0.2, 0.25) is 0 Å². The first-order valence-corrected chi connectivity index (χ1v) is 9.29. The lowest BCUT2D eigenvalue weighted by Gasteiger charge is -2.09. The third kappa shape index (κ3) is 2.60. The first kappa shape index (κ1) is 16.1. The maximum atomic E-state index is 12.0. The summed E-state index contributed by atoms with van der Waals surface area (Å²) in [5.41, 5.74) is 4.54. The minimum atomic E-state index is -0.101. The fraction of sp³-hybridized carbons (Fsp3) is 0.286. The molecule has 0 radical (unpaired) electrons. The molecule has 1 amide bonds. The molecule has 0 aliphatic heterocycles. The summed E-state index contributed by atoms with van der Waals surface area (Å²) < 4.78 is 4.40. The summed E-state index contributed by atoms with van der Waals surface area (Å²) in [6.07, 6.45) is 4.41. The van der Waals surface area contributed by atoms with Crippen molar-refractivity contribution in [3.8, 4) is 11.5 Å². The molecule has 0 unspecified atom stereocenters. The van der Waals surface area contributed by atoms with Crippen molar-refractivity contribution in [1.29, 1.82) is 0 Å². The average Bonchev–Trinajstić information content (AvgIpc) is 3.36. The average molecular weight is 359 g/mol. The highest BCUT2D eigenvalue weighted by Gasteiger charge is 2.25. The van der Waals surface area contributed by atoms with E-state index in [0.717, 1.165) is 46.0 Å². The largest absolute Gasteiger partial charge is 0.355 e. The first-order chi connectivity index (χ1) is 13.2. The molecule has 1 aromatic carbocycles. The number of nitrogens with zero attached hydrogens (tertiary/aromatic N) is 4. The number of hydrogen-bond donors (Lipinski definition) is 1. The molecule has 4 aromatic rings. The number of aromatic nitrogens is 4. The molecule has 0 bridgehead atoms. The van der Waals surface area contributed by atoms with Crippen LogP contribution in [0.1, 0.15) is 23.2 Å². The third-order valence-electron chi connectivity index (χ3n) is 5.39. The molecule has 3 aromatic heterocycles. The summed E-state index contributed by atoms with van der Waals surface area (Å²) in [6.45, 7) is 0.975. The Morgan fingerprint density at radius 2 is 2.11 bits per heavy atom. The summed E-state index contributed by atoms with van der Waals surface area (Å²) in [5, 5.41) is 3.80. The SMILES string of the molecule is CNC(=O)c1ccc2c(c1)nc(-c1cc3cccnc3n1CC1CC1)n2C. The molecule has 3 heterocycles. The Kier molecular flexibility index (Phi) is 3.53. The Balaban J connectivity index is 1.70. The number of nitrogens with one attached hydrogen (secondary N) is 1. The smallest absolute Gasteiger partial charge is 0.251 e. The van der Waals surface area contributed by atoms with E-state index in [4.69, 9.17) is 4.98 Å². The molecule has 1 fully saturated rings. The second kappa shape index (κ2) is 5.94. The van der Waals surface area contributed by atoms with E-state index >= 15 is 0 Å². The zero-order valence-electron chi connectivity index (χ0n) is 15.4.